The van der Waals surface area contributed by atoms with Crippen molar-refractivity contribution in [2.24, 2.45) is 0 Å². The van der Waals surface area contributed by atoms with Crippen molar-refractivity contribution in [2.45, 2.75) is 25.3 Å². The first-order valence-corrected chi connectivity index (χ1v) is 10.3. The van der Waals surface area contributed by atoms with Crippen LogP contribution in [0.25, 0.3) is 21.9 Å². The van der Waals surface area contributed by atoms with Gasteiger partial charge in [-0.3, -0.25) is 9.36 Å². The quantitative estimate of drug-likeness (QED) is 0.513. The van der Waals surface area contributed by atoms with Crippen LogP contribution in [0.1, 0.15) is 24.7 Å². The number of piperidine rings is 1. The minimum atomic E-state index is -0.523. The Bertz CT molecular complexity index is 1210. The Labute approximate surface area is 169 Å². The number of oxazole rings is 1. The molecular formula is C20H18N4O4S. The Balaban J connectivity index is 1.32. The number of amides is 1. The lowest BCUT2D eigenvalue weighted by Crippen LogP contribution is -2.41. The van der Waals surface area contributed by atoms with Crippen LogP contribution in [-0.4, -0.2) is 38.7 Å². The van der Waals surface area contributed by atoms with E-state index in [0.717, 1.165) is 17.7 Å². The SMILES string of the molecule is O=C(Cn1c(=O)oc2ccccc21)N1CCC[C@@H](c2nnc(-c3cccs3)o2)C1. The summed E-state index contributed by atoms with van der Waals surface area (Å²) in [6.07, 6.45) is 1.72. The van der Waals surface area contributed by atoms with Gasteiger partial charge in [0, 0.05) is 13.1 Å². The summed E-state index contributed by atoms with van der Waals surface area (Å²) in [5, 5.41) is 10.3. The Morgan fingerprint density at radius 3 is 2.93 bits per heavy atom. The Hall–Kier alpha value is -3.20. The van der Waals surface area contributed by atoms with Gasteiger partial charge < -0.3 is 13.7 Å². The minimum absolute atomic E-state index is 0.00766. The molecule has 4 aromatic rings. The second-order valence-electron chi connectivity index (χ2n) is 7.02. The Morgan fingerprint density at radius 1 is 1.17 bits per heavy atom. The summed E-state index contributed by atoms with van der Waals surface area (Å²) in [6.45, 7) is 1.09. The first kappa shape index (κ1) is 17.9. The molecule has 1 fully saturated rings. The number of benzene rings is 1. The molecule has 148 valence electrons. The monoisotopic (exact) mass is 410 g/mol. The average Bonchev–Trinajstić information content (AvgIpc) is 3.49. The number of aromatic nitrogens is 3. The molecule has 0 bridgehead atoms. The molecule has 1 aliphatic heterocycles. The van der Waals surface area contributed by atoms with Crippen LogP contribution in [0.3, 0.4) is 0 Å². The number of hydrogen-bond donors (Lipinski definition) is 0. The van der Waals surface area contributed by atoms with E-state index >= 15 is 0 Å². The molecule has 0 saturated carbocycles. The summed E-state index contributed by atoms with van der Waals surface area (Å²) in [5.41, 5.74) is 1.10. The van der Waals surface area contributed by atoms with E-state index in [0.29, 0.717) is 36.0 Å². The molecule has 29 heavy (non-hydrogen) atoms. The predicted molar refractivity (Wildman–Crippen MR) is 107 cm³/mol. The molecule has 3 aromatic heterocycles. The van der Waals surface area contributed by atoms with Crippen molar-refractivity contribution in [3.8, 4) is 10.8 Å². The molecule has 1 saturated heterocycles. The fourth-order valence-corrected chi connectivity index (χ4v) is 4.35. The third-order valence-electron chi connectivity index (χ3n) is 5.16. The molecular weight excluding hydrogens is 392 g/mol. The molecule has 1 aliphatic rings. The van der Waals surface area contributed by atoms with Gasteiger partial charge in [-0.1, -0.05) is 18.2 Å². The third kappa shape index (κ3) is 3.38. The number of carbonyl (C=O) groups is 1. The highest BCUT2D eigenvalue weighted by molar-refractivity contribution is 7.13. The standard InChI is InChI=1S/C20H18N4O4S/c25-17(12-24-14-6-1-2-7-15(14)27-20(24)26)23-9-3-5-13(11-23)18-21-22-19(28-18)16-8-4-10-29-16/h1-2,4,6-8,10,13H,3,5,9,11-12H2/t13-/m1/s1. The van der Waals surface area contributed by atoms with Gasteiger partial charge in [0.05, 0.1) is 16.3 Å². The maximum Gasteiger partial charge on any atom is 0.420 e. The maximum atomic E-state index is 12.9. The number of para-hydroxylation sites is 2. The molecule has 0 N–H and O–H groups in total. The molecule has 1 amide bonds. The molecule has 0 radical (unpaired) electrons. The molecule has 0 aliphatic carbocycles. The van der Waals surface area contributed by atoms with Gasteiger partial charge in [-0.15, -0.1) is 21.5 Å². The number of fused-ring (bicyclic) bond motifs is 1. The van der Waals surface area contributed by atoms with Gasteiger partial charge in [-0.25, -0.2) is 4.79 Å². The largest absolute Gasteiger partial charge is 0.420 e. The minimum Gasteiger partial charge on any atom is -0.420 e. The van der Waals surface area contributed by atoms with Crippen molar-refractivity contribution in [3.05, 3.63) is 58.2 Å². The van der Waals surface area contributed by atoms with Crippen LogP contribution in [0.4, 0.5) is 0 Å². The molecule has 1 atom stereocenters. The van der Waals surface area contributed by atoms with E-state index in [4.69, 9.17) is 8.83 Å². The highest BCUT2D eigenvalue weighted by atomic mass is 32.1. The second kappa shape index (κ2) is 7.32. The molecule has 0 unspecified atom stereocenters. The lowest BCUT2D eigenvalue weighted by molar-refractivity contribution is -0.133. The normalized spacial score (nSPS) is 17.1. The van der Waals surface area contributed by atoms with Crippen LogP contribution in [-0.2, 0) is 11.3 Å². The van der Waals surface area contributed by atoms with Crippen molar-refractivity contribution in [3.63, 3.8) is 0 Å². The molecule has 0 spiro atoms. The highest BCUT2D eigenvalue weighted by Crippen LogP contribution is 2.30. The van der Waals surface area contributed by atoms with E-state index in [1.807, 2.05) is 23.6 Å². The van der Waals surface area contributed by atoms with E-state index in [1.54, 1.807) is 34.4 Å². The van der Waals surface area contributed by atoms with Gasteiger partial charge in [0.2, 0.25) is 11.8 Å². The van der Waals surface area contributed by atoms with Crippen molar-refractivity contribution >= 4 is 28.3 Å². The first-order chi connectivity index (χ1) is 14.2. The van der Waals surface area contributed by atoms with E-state index in [1.165, 1.54) is 4.57 Å². The Morgan fingerprint density at radius 2 is 2.07 bits per heavy atom. The van der Waals surface area contributed by atoms with Crippen molar-refractivity contribution in [1.29, 1.82) is 0 Å². The number of likely N-dealkylation sites (tertiary alicyclic amines) is 1. The third-order valence-corrected chi connectivity index (χ3v) is 6.02. The van der Waals surface area contributed by atoms with Crippen LogP contribution in [0.15, 0.2) is 55.4 Å². The molecule has 5 rings (SSSR count). The van der Waals surface area contributed by atoms with Crippen LogP contribution < -0.4 is 5.76 Å². The fraction of sp³-hybridized carbons (Fsp3) is 0.300. The highest BCUT2D eigenvalue weighted by Gasteiger charge is 2.29. The van der Waals surface area contributed by atoms with Gasteiger partial charge in [-0.05, 0) is 36.4 Å². The summed E-state index contributed by atoms with van der Waals surface area (Å²) < 4.78 is 12.5. The van der Waals surface area contributed by atoms with Gasteiger partial charge in [-0.2, -0.15) is 0 Å². The van der Waals surface area contributed by atoms with E-state index < -0.39 is 5.76 Å². The van der Waals surface area contributed by atoms with Crippen LogP contribution in [0.5, 0.6) is 0 Å². The topological polar surface area (TPSA) is 94.4 Å². The zero-order chi connectivity index (χ0) is 19.8. The number of nitrogens with zero attached hydrogens (tertiary/aromatic N) is 4. The van der Waals surface area contributed by atoms with E-state index in [2.05, 4.69) is 10.2 Å². The first-order valence-electron chi connectivity index (χ1n) is 9.42. The Kier molecular flexibility index (Phi) is 4.51. The van der Waals surface area contributed by atoms with Crippen LogP contribution in [0, 0.1) is 0 Å². The number of hydrogen-bond acceptors (Lipinski definition) is 7. The molecule has 8 nitrogen and oxygen atoms in total. The van der Waals surface area contributed by atoms with Crippen LogP contribution >= 0.6 is 11.3 Å². The summed E-state index contributed by atoms with van der Waals surface area (Å²) in [7, 11) is 0. The van der Waals surface area contributed by atoms with Gasteiger partial charge in [0.25, 0.3) is 5.89 Å². The summed E-state index contributed by atoms with van der Waals surface area (Å²) in [6, 6.07) is 11.0. The van der Waals surface area contributed by atoms with Gasteiger partial charge >= 0.3 is 5.76 Å². The number of thiophene rings is 1. The smallest absolute Gasteiger partial charge is 0.420 e. The lowest BCUT2D eigenvalue weighted by atomic mass is 9.98. The predicted octanol–water partition coefficient (Wildman–Crippen LogP) is 3.11. The van der Waals surface area contributed by atoms with E-state index in [-0.39, 0.29) is 18.4 Å². The van der Waals surface area contributed by atoms with Gasteiger partial charge in [0.15, 0.2) is 5.58 Å². The zero-order valence-corrected chi connectivity index (χ0v) is 16.3. The number of carbonyl (C=O) groups excluding carboxylic acids is 1. The molecule has 1 aromatic carbocycles. The fourth-order valence-electron chi connectivity index (χ4n) is 3.70. The second-order valence-corrected chi connectivity index (χ2v) is 7.97. The maximum absolute atomic E-state index is 12.9. The van der Waals surface area contributed by atoms with Crippen molar-refractivity contribution < 1.29 is 13.6 Å². The van der Waals surface area contributed by atoms with E-state index in [9.17, 15) is 9.59 Å². The molecule has 9 heteroatoms. The summed E-state index contributed by atoms with van der Waals surface area (Å²) in [4.78, 5) is 27.7. The van der Waals surface area contributed by atoms with Crippen molar-refractivity contribution in [2.75, 3.05) is 13.1 Å². The average molecular weight is 410 g/mol. The van der Waals surface area contributed by atoms with Gasteiger partial charge in [0.1, 0.15) is 6.54 Å². The summed E-state index contributed by atoms with van der Waals surface area (Å²) >= 11 is 1.54. The van der Waals surface area contributed by atoms with Crippen molar-refractivity contribution in [1.82, 2.24) is 19.7 Å². The molecule has 4 heterocycles. The number of rotatable bonds is 4. The lowest BCUT2D eigenvalue weighted by Gasteiger charge is -2.31. The zero-order valence-electron chi connectivity index (χ0n) is 15.5. The van der Waals surface area contributed by atoms with Crippen LogP contribution in [0.2, 0.25) is 0 Å². The summed E-state index contributed by atoms with van der Waals surface area (Å²) in [5.74, 6) is 0.408.